The number of hydrogen-bond donors (Lipinski definition) is 1. The summed E-state index contributed by atoms with van der Waals surface area (Å²) in [6.07, 6.45) is 15.9. The van der Waals surface area contributed by atoms with Crippen LogP contribution in [0.1, 0.15) is 12.0 Å². The number of furan rings is 1. The minimum atomic E-state index is 0.655. The number of hydrogen-bond acceptors (Lipinski definition) is 2. The Morgan fingerprint density at radius 3 is 2.55 bits per heavy atom. The molecule has 0 spiro atoms. The molecule has 2 N–H and O–H groups in total. The highest BCUT2D eigenvalue weighted by Crippen LogP contribution is 2.34. The number of benzene rings is 4. The van der Waals surface area contributed by atoms with Crippen LogP contribution >= 0.6 is 0 Å². The molecule has 7 aromatic rings. The van der Waals surface area contributed by atoms with Gasteiger partial charge in [0.2, 0.25) is 0 Å². The fourth-order valence-corrected chi connectivity index (χ4v) is 6.20. The quantitative estimate of drug-likeness (QED) is 0.277. The Morgan fingerprint density at radius 2 is 1.65 bits per heavy atom. The molecule has 0 unspecified atom stereocenters. The van der Waals surface area contributed by atoms with E-state index in [1.165, 1.54) is 38.2 Å². The monoisotopic (exact) mass is 514 g/mol. The molecule has 4 aromatic carbocycles. The number of nitrogen functional groups attached to an aromatic ring is 1. The maximum atomic E-state index is 6.74. The van der Waals surface area contributed by atoms with E-state index in [-0.39, 0.29) is 0 Å². The highest BCUT2D eigenvalue weighted by molar-refractivity contribution is 6.08. The number of nitrogens with two attached hydrogens (primary N) is 1. The van der Waals surface area contributed by atoms with E-state index in [0.29, 0.717) is 5.42 Å². The summed E-state index contributed by atoms with van der Waals surface area (Å²) in [5.74, 6) is 0.774. The van der Waals surface area contributed by atoms with Crippen molar-refractivity contribution in [3.63, 3.8) is 0 Å². The first kappa shape index (κ1) is 22.7. The number of aromatic nitrogens is 1. The maximum Gasteiger partial charge on any atom is 0.136 e. The average molecular weight is 515 g/mol. The van der Waals surface area contributed by atoms with Gasteiger partial charge in [-0.3, -0.25) is 4.40 Å². The number of anilines is 1. The second-order valence-electron chi connectivity index (χ2n) is 10.4. The Bertz CT molecular complexity index is 2370. The minimum absolute atomic E-state index is 0.655. The van der Waals surface area contributed by atoms with Crippen LogP contribution in [-0.4, -0.2) is 4.40 Å². The summed E-state index contributed by atoms with van der Waals surface area (Å²) in [6.45, 7) is 4.22. The van der Waals surface area contributed by atoms with Crippen LogP contribution in [0, 0.1) is 0 Å². The Morgan fingerprint density at radius 1 is 0.825 bits per heavy atom. The number of allylic oxidation sites excluding steroid dienone is 5. The van der Waals surface area contributed by atoms with E-state index < -0.39 is 0 Å². The Balaban J connectivity index is 1.27. The largest absolute Gasteiger partial charge is 0.457 e. The highest BCUT2D eigenvalue weighted by atomic mass is 16.3. The topological polar surface area (TPSA) is 43.6 Å². The lowest BCUT2D eigenvalue weighted by Gasteiger charge is -2.09. The molecule has 0 amide bonds. The molecule has 1 aliphatic rings. The normalized spacial score (nSPS) is 15.8. The Kier molecular flexibility index (Phi) is 4.89. The lowest BCUT2D eigenvalue weighted by atomic mass is 9.97. The van der Waals surface area contributed by atoms with Crippen molar-refractivity contribution in [2.75, 3.05) is 5.73 Å². The third-order valence-corrected chi connectivity index (χ3v) is 8.14. The van der Waals surface area contributed by atoms with Crippen molar-refractivity contribution < 1.29 is 4.42 Å². The van der Waals surface area contributed by atoms with Crippen LogP contribution in [0.4, 0.5) is 5.82 Å². The minimum Gasteiger partial charge on any atom is -0.457 e. The van der Waals surface area contributed by atoms with Crippen molar-refractivity contribution in [1.29, 1.82) is 0 Å². The number of nitrogens with zero attached hydrogens (tertiary/aromatic N) is 1. The van der Waals surface area contributed by atoms with Crippen LogP contribution in [0.15, 0.2) is 113 Å². The third kappa shape index (κ3) is 3.31. The number of rotatable bonds is 3. The second kappa shape index (κ2) is 8.62. The van der Waals surface area contributed by atoms with Gasteiger partial charge >= 0.3 is 0 Å². The SMILES string of the molecule is C=c1oc2cc(-c3cccc4ccccc34)ccc2/c1=C/C=c1/c2cccc3c(/C=C4/C=CC=CC4)c(N)n1c32. The molecule has 0 bridgehead atoms. The van der Waals surface area contributed by atoms with Crippen LogP contribution in [0.25, 0.3) is 74.0 Å². The van der Waals surface area contributed by atoms with Gasteiger partial charge in [0.25, 0.3) is 0 Å². The zero-order valence-corrected chi connectivity index (χ0v) is 21.9. The molecule has 0 aliphatic heterocycles. The van der Waals surface area contributed by atoms with E-state index in [1.54, 1.807) is 0 Å². The van der Waals surface area contributed by atoms with Gasteiger partial charge in [-0.2, -0.15) is 0 Å². The first-order chi connectivity index (χ1) is 19.7. The molecular formula is C37H26N2O. The van der Waals surface area contributed by atoms with Crippen molar-refractivity contribution >= 4 is 68.7 Å². The molecule has 3 heterocycles. The van der Waals surface area contributed by atoms with Gasteiger partial charge < -0.3 is 10.2 Å². The van der Waals surface area contributed by atoms with Crippen LogP contribution in [0.5, 0.6) is 0 Å². The van der Waals surface area contributed by atoms with Crippen LogP contribution in [0.2, 0.25) is 0 Å². The molecule has 40 heavy (non-hydrogen) atoms. The van der Waals surface area contributed by atoms with E-state index in [1.807, 2.05) is 0 Å². The summed E-state index contributed by atoms with van der Waals surface area (Å²) in [5.41, 5.74) is 14.1. The fraction of sp³-hybridized carbons (Fsp3) is 0.0270. The summed E-state index contributed by atoms with van der Waals surface area (Å²) >= 11 is 0. The zero-order chi connectivity index (χ0) is 26.8. The van der Waals surface area contributed by atoms with Crippen LogP contribution < -0.4 is 21.7 Å². The summed E-state index contributed by atoms with van der Waals surface area (Å²) in [6, 6.07) is 27.8. The van der Waals surface area contributed by atoms with Gasteiger partial charge in [0.05, 0.1) is 10.9 Å². The van der Waals surface area contributed by atoms with Crippen LogP contribution in [-0.2, 0) is 0 Å². The summed E-state index contributed by atoms with van der Waals surface area (Å²) in [7, 11) is 0. The molecule has 0 fully saturated rings. The molecule has 3 nitrogen and oxygen atoms in total. The molecule has 0 atom stereocenters. The third-order valence-electron chi connectivity index (χ3n) is 8.14. The highest BCUT2D eigenvalue weighted by Gasteiger charge is 2.19. The molecule has 0 saturated carbocycles. The molecule has 1 aliphatic carbocycles. The van der Waals surface area contributed by atoms with Gasteiger partial charge in [0, 0.05) is 26.9 Å². The number of para-hydroxylation sites is 1. The second-order valence-corrected chi connectivity index (χ2v) is 10.4. The average Bonchev–Trinajstić information content (AvgIpc) is 3.44. The van der Waals surface area contributed by atoms with E-state index in [4.69, 9.17) is 10.2 Å². The smallest absolute Gasteiger partial charge is 0.136 e. The van der Waals surface area contributed by atoms with Gasteiger partial charge in [-0.1, -0.05) is 97.6 Å². The molecule has 0 saturated heterocycles. The Hall–Kier alpha value is -5.28. The lowest BCUT2D eigenvalue weighted by molar-refractivity contribution is 0.577. The summed E-state index contributed by atoms with van der Waals surface area (Å²) in [5, 5.41) is 7.97. The molecule has 8 rings (SSSR count). The molecule has 3 heteroatoms. The van der Waals surface area contributed by atoms with Gasteiger partial charge in [0.15, 0.2) is 0 Å². The zero-order valence-electron chi connectivity index (χ0n) is 21.9. The molecule has 3 aromatic heterocycles. The first-order valence-electron chi connectivity index (χ1n) is 13.6. The standard InChI is InChI=1S/C37H26N2O/c1-23-27(30-18-17-26(22-35(30)40-23)29-14-7-12-25-11-5-6-13-28(25)29)19-20-34-32-16-8-15-31-33(37(38)39(34)36(31)32)21-24-9-3-2-4-10-24/h2-9,11-22H,1,10,38H2/b24-21-,27-19+,34-20-. The van der Waals surface area contributed by atoms with Crippen molar-refractivity contribution in [2.24, 2.45) is 0 Å². The summed E-state index contributed by atoms with van der Waals surface area (Å²) < 4.78 is 8.34. The van der Waals surface area contributed by atoms with Gasteiger partial charge in [-0.25, -0.2) is 0 Å². The van der Waals surface area contributed by atoms with Crippen LogP contribution in [0.3, 0.4) is 0 Å². The molecule has 190 valence electrons. The fourth-order valence-electron chi connectivity index (χ4n) is 6.20. The van der Waals surface area contributed by atoms with Crippen molar-refractivity contribution in [3.8, 4) is 11.1 Å². The predicted octanol–water partition coefficient (Wildman–Crippen LogP) is 6.97. The van der Waals surface area contributed by atoms with Crippen molar-refractivity contribution in [3.05, 3.63) is 130 Å². The first-order valence-corrected chi connectivity index (χ1v) is 13.6. The lowest BCUT2D eigenvalue weighted by Crippen LogP contribution is -2.23. The number of fused-ring (bicyclic) bond motifs is 2. The molecule has 0 radical (unpaired) electrons. The maximum absolute atomic E-state index is 6.74. The van der Waals surface area contributed by atoms with E-state index in [0.717, 1.165) is 44.9 Å². The van der Waals surface area contributed by atoms with Gasteiger partial charge in [0.1, 0.15) is 16.8 Å². The van der Waals surface area contributed by atoms with E-state index >= 15 is 0 Å². The predicted molar refractivity (Wildman–Crippen MR) is 169 cm³/mol. The Labute approximate surface area is 230 Å². The van der Waals surface area contributed by atoms with E-state index in [2.05, 4.69) is 132 Å². The summed E-state index contributed by atoms with van der Waals surface area (Å²) in [4.78, 5) is 0. The molecular weight excluding hydrogens is 488 g/mol. The van der Waals surface area contributed by atoms with Crippen molar-refractivity contribution in [2.45, 2.75) is 6.42 Å². The van der Waals surface area contributed by atoms with E-state index in [9.17, 15) is 0 Å². The van der Waals surface area contributed by atoms with Gasteiger partial charge in [-0.15, -0.1) is 0 Å². The van der Waals surface area contributed by atoms with Crippen molar-refractivity contribution in [1.82, 2.24) is 4.40 Å². The van der Waals surface area contributed by atoms with Gasteiger partial charge in [-0.05, 0) is 64.3 Å².